The fourth-order valence-corrected chi connectivity index (χ4v) is 2.60. The maximum atomic E-state index is 13.0. The molecule has 1 rings (SSSR count). The number of methoxy groups -OCH3 is 1. The second kappa shape index (κ2) is 4.39. The van der Waals surface area contributed by atoms with E-state index < -0.39 is 29.8 Å². The highest BCUT2D eigenvalue weighted by Crippen LogP contribution is 2.15. The number of ether oxygens (including phenoxy) is 1. The van der Waals surface area contributed by atoms with Crippen molar-refractivity contribution in [1.82, 2.24) is 0 Å². The fraction of sp³-hybridized carbons (Fsp3) is 0.143. The van der Waals surface area contributed by atoms with Crippen LogP contribution >= 0.6 is 12.9 Å². The minimum absolute atomic E-state index is 0.0498. The molecule has 0 spiro atoms. The summed E-state index contributed by atoms with van der Waals surface area (Å²) < 4.78 is 30.9. The maximum absolute atomic E-state index is 13.0. The van der Waals surface area contributed by atoms with Gasteiger partial charge in [0.25, 0.3) is 0 Å². The predicted molar refractivity (Wildman–Crippen MR) is 47.2 cm³/mol. The molecular weight excluding hydrogens is 242 g/mol. The molecule has 0 heterocycles. The van der Waals surface area contributed by atoms with Gasteiger partial charge in [0.15, 0.2) is 11.6 Å². The topological polar surface area (TPSA) is 9.23 Å². The summed E-state index contributed by atoms with van der Waals surface area (Å²) in [6.07, 6.45) is 0. The predicted octanol–water partition coefficient (Wildman–Crippen LogP) is 1.61. The zero-order valence-electron chi connectivity index (χ0n) is 6.40. The molecular formula is C7H5BrF2MgO. The Bertz CT molecular complexity index is 263. The third-order valence-corrected chi connectivity index (χ3v) is 4.11. The van der Waals surface area contributed by atoms with Crippen molar-refractivity contribution in [2.45, 2.75) is 0 Å². The Balaban J connectivity index is 3.16. The molecule has 1 aromatic rings. The molecule has 0 saturated carbocycles. The van der Waals surface area contributed by atoms with Crippen LogP contribution in [0.5, 0.6) is 5.75 Å². The quantitative estimate of drug-likeness (QED) is 0.722. The van der Waals surface area contributed by atoms with E-state index in [-0.39, 0.29) is 5.75 Å². The van der Waals surface area contributed by atoms with Crippen LogP contribution in [0.25, 0.3) is 0 Å². The third-order valence-electron chi connectivity index (χ3n) is 1.46. The van der Waals surface area contributed by atoms with E-state index in [4.69, 9.17) is 0 Å². The van der Waals surface area contributed by atoms with Crippen molar-refractivity contribution < 1.29 is 13.5 Å². The van der Waals surface area contributed by atoms with Gasteiger partial charge in [-0.2, -0.15) is 0 Å². The van der Waals surface area contributed by atoms with Crippen LogP contribution in [0.1, 0.15) is 0 Å². The highest BCUT2D eigenvalue weighted by molar-refractivity contribution is 9.23. The van der Waals surface area contributed by atoms with Crippen molar-refractivity contribution in [3.8, 4) is 5.75 Å². The Morgan fingerprint density at radius 3 is 2.50 bits per heavy atom. The summed E-state index contributed by atoms with van der Waals surface area (Å²) in [5.74, 6) is -0.969. The average Bonchev–Trinajstić information content (AvgIpc) is 2.08. The van der Waals surface area contributed by atoms with Crippen molar-refractivity contribution in [3.63, 3.8) is 0 Å². The van der Waals surface area contributed by atoms with Crippen molar-refractivity contribution >= 4 is 34.8 Å². The van der Waals surface area contributed by atoms with Crippen molar-refractivity contribution in [3.05, 3.63) is 23.8 Å². The maximum Gasteiger partial charge on any atom is 0.511 e. The van der Waals surface area contributed by atoms with E-state index in [1.165, 1.54) is 13.2 Å². The molecule has 1 nitrogen and oxygen atoms in total. The van der Waals surface area contributed by atoms with Crippen LogP contribution in [-0.2, 0) is 0 Å². The van der Waals surface area contributed by atoms with Crippen molar-refractivity contribution in [2.75, 3.05) is 7.11 Å². The molecule has 12 heavy (non-hydrogen) atoms. The van der Waals surface area contributed by atoms with Gasteiger partial charge in [0.05, 0.1) is 7.11 Å². The fourth-order valence-electron chi connectivity index (χ4n) is 0.829. The van der Waals surface area contributed by atoms with Gasteiger partial charge in [-0.05, 0) is 6.07 Å². The van der Waals surface area contributed by atoms with E-state index in [1.54, 1.807) is 0 Å². The number of hydrogen-bond donors (Lipinski definition) is 0. The van der Waals surface area contributed by atoms with Crippen LogP contribution in [0.3, 0.4) is 0 Å². The van der Waals surface area contributed by atoms with Gasteiger partial charge < -0.3 is 4.74 Å². The first-order valence-corrected chi connectivity index (χ1v) is 7.87. The molecule has 0 aliphatic carbocycles. The highest BCUT2D eigenvalue weighted by Gasteiger charge is 2.09. The SMILES string of the molecule is COc1cc(F)[c]([Mg][Br])cc1F. The standard InChI is InChI=1S/C7H5F2O.BrH.Mg/c1-10-7-4-5(8)2-3-6(7)9;;/h3-4H,1H3;1H;/q;;+1/p-1. The van der Waals surface area contributed by atoms with Crippen molar-refractivity contribution in [2.24, 2.45) is 0 Å². The lowest BCUT2D eigenvalue weighted by atomic mass is 10.3. The molecule has 0 aliphatic rings. The molecule has 0 unspecified atom stereocenters. The number of benzene rings is 1. The molecule has 0 amide bonds. The molecule has 5 heteroatoms. The zero-order valence-corrected chi connectivity index (χ0v) is 9.40. The van der Waals surface area contributed by atoms with Gasteiger partial charge in [0.2, 0.25) is 0 Å². The van der Waals surface area contributed by atoms with Crippen molar-refractivity contribution in [1.29, 1.82) is 0 Å². The Labute approximate surface area is 84.7 Å². The highest BCUT2D eigenvalue weighted by atomic mass is 79.9. The third kappa shape index (κ3) is 2.08. The average molecular weight is 247 g/mol. The van der Waals surface area contributed by atoms with Crippen LogP contribution in [0.4, 0.5) is 8.78 Å². The summed E-state index contributed by atoms with van der Waals surface area (Å²) in [6.45, 7) is 0. The van der Waals surface area contributed by atoms with Crippen LogP contribution < -0.4 is 8.43 Å². The van der Waals surface area contributed by atoms with Crippen LogP contribution in [0.2, 0.25) is 0 Å². The Kier molecular flexibility index (Phi) is 3.73. The molecule has 0 bridgehead atoms. The summed E-state index contributed by atoms with van der Waals surface area (Å²) in [5, 5.41) is 0. The zero-order chi connectivity index (χ0) is 9.14. The van der Waals surface area contributed by atoms with Gasteiger partial charge >= 0.3 is 18.2 Å². The molecule has 0 fully saturated rings. The van der Waals surface area contributed by atoms with Gasteiger partial charge in [-0.15, -0.1) is 3.69 Å². The lowest BCUT2D eigenvalue weighted by Crippen LogP contribution is -2.14. The second-order valence-electron chi connectivity index (χ2n) is 2.21. The number of halogens is 3. The molecule has 62 valence electrons. The van der Waals surface area contributed by atoms with Gasteiger partial charge in [0.1, 0.15) is 5.82 Å². The van der Waals surface area contributed by atoms with Gasteiger partial charge in [0, 0.05) is 6.07 Å². The first-order valence-electron chi connectivity index (χ1n) is 3.27. The molecule has 0 radical (unpaired) electrons. The summed E-state index contributed by atoms with van der Waals surface area (Å²) in [7, 11) is 1.31. The van der Waals surface area contributed by atoms with E-state index in [0.29, 0.717) is 3.69 Å². The normalized spacial score (nSPS) is 9.33. The number of rotatable bonds is 2. The first-order chi connectivity index (χ1) is 5.69. The lowest BCUT2D eigenvalue weighted by Gasteiger charge is -2.04. The summed E-state index contributed by atoms with van der Waals surface area (Å²) in [4.78, 5) is 0. The van der Waals surface area contributed by atoms with Crippen LogP contribution in [-0.4, -0.2) is 25.3 Å². The Hall–Kier alpha value is 0.126. The van der Waals surface area contributed by atoms with E-state index in [0.717, 1.165) is 6.07 Å². The Morgan fingerprint density at radius 2 is 2.00 bits per heavy atom. The minimum atomic E-state index is -0.841. The second-order valence-corrected chi connectivity index (χ2v) is 4.92. The first kappa shape index (κ1) is 10.2. The Morgan fingerprint density at radius 1 is 1.33 bits per heavy atom. The van der Waals surface area contributed by atoms with E-state index in [1.807, 2.05) is 0 Å². The smallest absolute Gasteiger partial charge is 0.494 e. The largest absolute Gasteiger partial charge is 0.511 e. The lowest BCUT2D eigenvalue weighted by molar-refractivity contribution is 0.383. The molecule has 0 aromatic heterocycles. The van der Waals surface area contributed by atoms with Gasteiger partial charge in [-0.3, -0.25) is 12.9 Å². The summed E-state index contributed by atoms with van der Waals surface area (Å²) in [6, 6.07) is 2.24. The molecule has 0 saturated heterocycles. The van der Waals surface area contributed by atoms with Crippen LogP contribution in [0, 0.1) is 11.6 Å². The van der Waals surface area contributed by atoms with E-state index >= 15 is 0 Å². The summed E-state index contributed by atoms with van der Waals surface area (Å²) in [5.41, 5.74) is 0. The number of hydrogen-bond acceptors (Lipinski definition) is 1. The summed E-state index contributed by atoms with van der Waals surface area (Å²) >= 11 is 2.34. The molecule has 0 N–H and O–H groups in total. The van der Waals surface area contributed by atoms with E-state index in [9.17, 15) is 8.78 Å². The molecule has 0 aliphatic heterocycles. The molecule has 0 atom stereocenters. The monoisotopic (exact) mass is 246 g/mol. The van der Waals surface area contributed by atoms with Crippen LogP contribution in [0.15, 0.2) is 12.1 Å². The van der Waals surface area contributed by atoms with E-state index in [2.05, 4.69) is 17.6 Å². The van der Waals surface area contributed by atoms with Gasteiger partial charge in [-0.25, -0.2) is 8.78 Å². The van der Waals surface area contributed by atoms with Gasteiger partial charge in [-0.1, -0.05) is 0 Å². The molecule has 1 aromatic carbocycles. The minimum Gasteiger partial charge on any atom is -0.494 e.